The van der Waals surface area contributed by atoms with Gasteiger partial charge in [0.05, 0.1) is 6.20 Å². The molecule has 2 rings (SSSR count). The van der Waals surface area contributed by atoms with Gasteiger partial charge in [0.1, 0.15) is 17.1 Å². The fourth-order valence-electron chi connectivity index (χ4n) is 1.20. The molecule has 0 atom stereocenters. The van der Waals surface area contributed by atoms with Crippen LogP contribution >= 0.6 is 0 Å². The average Bonchev–Trinajstić information content (AvgIpc) is 2.30. The van der Waals surface area contributed by atoms with E-state index in [1.165, 1.54) is 19.3 Å². The Labute approximate surface area is 86.3 Å². The third-order valence-corrected chi connectivity index (χ3v) is 1.84. The number of carbonyl (C=O) groups excluding carboxylic acids is 1. The lowest BCUT2D eigenvalue weighted by molar-refractivity contribution is 0.101. The van der Waals surface area contributed by atoms with Crippen molar-refractivity contribution in [2.75, 3.05) is 0 Å². The number of aromatic nitrogens is 4. The summed E-state index contributed by atoms with van der Waals surface area (Å²) in [5.74, 6) is -0.135. The van der Waals surface area contributed by atoms with Gasteiger partial charge in [0.15, 0.2) is 5.78 Å². The molecular weight excluding hydrogens is 192 g/mol. The maximum absolute atomic E-state index is 11.3. The number of hydrogen-bond acceptors (Lipinski definition) is 5. The smallest absolute Gasteiger partial charge is 0.180 e. The Kier molecular flexibility index (Phi) is 2.45. The molecule has 0 N–H and O–H groups in total. The van der Waals surface area contributed by atoms with Gasteiger partial charge < -0.3 is 0 Å². The topological polar surface area (TPSA) is 68.6 Å². The lowest BCUT2D eigenvalue weighted by atomic mass is 10.2. The second-order valence-electron chi connectivity index (χ2n) is 2.90. The minimum absolute atomic E-state index is 0.135. The van der Waals surface area contributed by atoms with Gasteiger partial charge >= 0.3 is 0 Å². The van der Waals surface area contributed by atoms with Crippen molar-refractivity contribution in [1.82, 2.24) is 19.9 Å². The number of ketones is 1. The van der Waals surface area contributed by atoms with Gasteiger partial charge in [0.25, 0.3) is 0 Å². The molecule has 5 nitrogen and oxygen atoms in total. The molecular formula is C10H8N4O. The summed E-state index contributed by atoms with van der Waals surface area (Å²) < 4.78 is 0. The predicted molar refractivity (Wildman–Crippen MR) is 53.1 cm³/mol. The van der Waals surface area contributed by atoms with Crippen LogP contribution in [0.25, 0.3) is 11.4 Å². The Morgan fingerprint density at radius 1 is 1.07 bits per heavy atom. The number of hydrogen-bond donors (Lipinski definition) is 0. The second kappa shape index (κ2) is 3.91. The second-order valence-corrected chi connectivity index (χ2v) is 2.90. The molecule has 0 saturated carbocycles. The van der Waals surface area contributed by atoms with Crippen LogP contribution in [0.4, 0.5) is 0 Å². The predicted octanol–water partition coefficient (Wildman–Crippen LogP) is 1.14. The van der Waals surface area contributed by atoms with E-state index in [0.717, 1.165) is 0 Å². The molecule has 0 spiro atoms. The van der Waals surface area contributed by atoms with E-state index in [9.17, 15) is 4.79 Å². The molecule has 2 aromatic rings. The standard InChI is InChI=1S/C10H8N4O/c1-7(15)9-10(14-5-4-13-9)8-6-11-2-3-12-8/h2-6H,1H3. The highest BCUT2D eigenvalue weighted by Gasteiger charge is 2.12. The maximum atomic E-state index is 11.3. The molecule has 0 radical (unpaired) electrons. The Morgan fingerprint density at radius 3 is 2.47 bits per heavy atom. The van der Waals surface area contributed by atoms with Gasteiger partial charge in [-0.05, 0) is 0 Å². The summed E-state index contributed by atoms with van der Waals surface area (Å²) in [6.45, 7) is 1.45. The van der Waals surface area contributed by atoms with Crippen LogP contribution < -0.4 is 0 Å². The zero-order valence-corrected chi connectivity index (χ0v) is 8.08. The molecule has 0 aliphatic carbocycles. The Hall–Kier alpha value is -2.17. The maximum Gasteiger partial charge on any atom is 0.180 e. The Morgan fingerprint density at radius 2 is 1.80 bits per heavy atom. The van der Waals surface area contributed by atoms with Crippen LogP contribution in [0.1, 0.15) is 17.4 Å². The van der Waals surface area contributed by atoms with Crippen LogP contribution in [0.5, 0.6) is 0 Å². The monoisotopic (exact) mass is 200 g/mol. The van der Waals surface area contributed by atoms with Crippen molar-refractivity contribution in [3.05, 3.63) is 36.7 Å². The van der Waals surface area contributed by atoms with Crippen LogP contribution in [-0.2, 0) is 0 Å². The van der Waals surface area contributed by atoms with E-state index in [4.69, 9.17) is 0 Å². The van der Waals surface area contributed by atoms with E-state index in [-0.39, 0.29) is 5.78 Å². The quantitative estimate of drug-likeness (QED) is 0.680. The first-order valence-electron chi connectivity index (χ1n) is 4.37. The van der Waals surface area contributed by atoms with E-state index in [1.54, 1.807) is 18.6 Å². The first-order chi connectivity index (χ1) is 7.29. The summed E-state index contributed by atoms with van der Waals surface area (Å²) in [4.78, 5) is 27.3. The van der Waals surface area contributed by atoms with Crippen LogP contribution in [0, 0.1) is 0 Å². The van der Waals surface area contributed by atoms with E-state index in [0.29, 0.717) is 17.1 Å². The van der Waals surface area contributed by atoms with Crippen molar-refractivity contribution < 1.29 is 4.79 Å². The molecule has 0 aliphatic rings. The molecule has 0 aromatic carbocycles. The first kappa shape index (κ1) is 9.39. The minimum Gasteiger partial charge on any atom is -0.293 e. The van der Waals surface area contributed by atoms with E-state index < -0.39 is 0 Å². The number of carbonyl (C=O) groups is 1. The van der Waals surface area contributed by atoms with Crippen molar-refractivity contribution in [1.29, 1.82) is 0 Å². The van der Waals surface area contributed by atoms with E-state index >= 15 is 0 Å². The fourth-order valence-corrected chi connectivity index (χ4v) is 1.20. The largest absolute Gasteiger partial charge is 0.293 e. The van der Waals surface area contributed by atoms with Crippen molar-refractivity contribution in [3.63, 3.8) is 0 Å². The van der Waals surface area contributed by atoms with Crippen LogP contribution in [-0.4, -0.2) is 25.7 Å². The SMILES string of the molecule is CC(=O)c1nccnc1-c1cnccn1. The van der Waals surface area contributed by atoms with Gasteiger partial charge in [0.2, 0.25) is 0 Å². The van der Waals surface area contributed by atoms with Gasteiger partial charge in [-0.3, -0.25) is 19.7 Å². The Balaban J connectivity index is 2.58. The van der Waals surface area contributed by atoms with E-state index in [1.807, 2.05) is 0 Å². The highest BCUT2D eigenvalue weighted by Crippen LogP contribution is 2.15. The van der Waals surface area contributed by atoms with Crippen LogP contribution in [0.2, 0.25) is 0 Å². The molecule has 0 unspecified atom stereocenters. The normalized spacial score (nSPS) is 9.93. The molecule has 0 aliphatic heterocycles. The van der Waals surface area contributed by atoms with Crippen molar-refractivity contribution in [2.24, 2.45) is 0 Å². The summed E-state index contributed by atoms with van der Waals surface area (Å²) in [7, 11) is 0. The molecule has 0 amide bonds. The fraction of sp³-hybridized carbons (Fsp3) is 0.100. The zero-order chi connectivity index (χ0) is 10.7. The van der Waals surface area contributed by atoms with Gasteiger partial charge in [-0.25, -0.2) is 4.98 Å². The van der Waals surface area contributed by atoms with Crippen molar-refractivity contribution >= 4 is 5.78 Å². The number of nitrogens with zero attached hydrogens (tertiary/aromatic N) is 4. The summed E-state index contributed by atoms with van der Waals surface area (Å²) >= 11 is 0. The van der Waals surface area contributed by atoms with Crippen LogP contribution in [0.15, 0.2) is 31.0 Å². The zero-order valence-electron chi connectivity index (χ0n) is 8.08. The molecule has 5 heteroatoms. The molecule has 0 fully saturated rings. The lowest BCUT2D eigenvalue weighted by Crippen LogP contribution is -2.02. The molecule has 74 valence electrons. The summed E-state index contributed by atoms with van der Waals surface area (Å²) in [5.41, 5.74) is 1.34. The van der Waals surface area contributed by atoms with Gasteiger partial charge in [0, 0.05) is 31.7 Å². The van der Waals surface area contributed by atoms with Gasteiger partial charge in [-0.15, -0.1) is 0 Å². The van der Waals surface area contributed by atoms with Crippen molar-refractivity contribution in [3.8, 4) is 11.4 Å². The summed E-state index contributed by atoms with van der Waals surface area (Å²) in [6, 6.07) is 0. The van der Waals surface area contributed by atoms with E-state index in [2.05, 4.69) is 19.9 Å². The number of rotatable bonds is 2. The van der Waals surface area contributed by atoms with Crippen molar-refractivity contribution in [2.45, 2.75) is 6.92 Å². The highest BCUT2D eigenvalue weighted by atomic mass is 16.1. The third kappa shape index (κ3) is 1.85. The molecule has 15 heavy (non-hydrogen) atoms. The molecule has 0 saturated heterocycles. The number of Topliss-reactive ketones (excluding diaryl/α,β-unsaturated/α-hetero) is 1. The third-order valence-electron chi connectivity index (χ3n) is 1.84. The summed E-state index contributed by atoms with van der Waals surface area (Å²) in [6.07, 6.45) is 7.67. The van der Waals surface area contributed by atoms with Crippen LogP contribution in [0.3, 0.4) is 0 Å². The first-order valence-corrected chi connectivity index (χ1v) is 4.37. The molecule has 2 heterocycles. The summed E-state index contributed by atoms with van der Waals surface area (Å²) in [5, 5.41) is 0. The highest BCUT2D eigenvalue weighted by molar-refractivity contribution is 5.97. The molecule has 0 bridgehead atoms. The van der Waals surface area contributed by atoms with Gasteiger partial charge in [-0.2, -0.15) is 0 Å². The minimum atomic E-state index is -0.135. The average molecular weight is 200 g/mol. The lowest BCUT2D eigenvalue weighted by Gasteiger charge is -2.02. The van der Waals surface area contributed by atoms with Gasteiger partial charge in [-0.1, -0.05) is 0 Å². The Bertz CT molecular complexity index is 484. The molecule has 2 aromatic heterocycles.